The second-order valence-electron chi connectivity index (χ2n) is 3.78. The van der Waals surface area contributed by atoms with Gasteiger partial charge in [0.1, 0.15) is 0 Å². The highest BCUT2D eigenvalue weighted by Crippen LogP contribution is 2.35. The van der Waals surface area contributed by atoms with Crippen molar-refractivity contribution >= 4 is 11.6 Å². The number of hydrogen-bond donors (Lipinski definition) is 2. The lowest BCUT2D eigenvalue weighted by Gasteiger charge is -2.14. The van der Waals surface area contributed by atoms with Crippen molar-refractivity contribution in [3.63, 3.8) is 0 Å². The van der Waals surface area contributed by atoms with Gasteiger partial charge >= 0.3 is 0 Å². The Kier molecular flexibility index (Phi) is 5.55. The fourth-order valence-electron chi connectivity index (χ4n) is 1.43. The quantitative estimate of drug-likeness (QED) is 0.818. The van der Waals surface area contributed by atoms with Crippen LogP contribution in [0.3, 0.4) is 0 Å². The van der Waals surface area contributed by atoms with E-state index in [1.165, 1.54) is 0 Å². The van der Waals surface area contributed by atoms with Gasteiger partial charge in [0.05, 0.1) is 25.8 Å². The molecule has 0 saturated heterocycles. The van der Waals surface area contributed by atoms with Crippen LogP contribution in [0.2, 0.25) is 5.02 Å². The topological polar surface area (TPSA) is 50.7 Å². The molecule has 0 amide bonds. The highest BCUT2D eigenvalue weighted by Gasteiger charge is 2.11. The van der Waals surface area contributed by atoms with Crippen LogP contribution < -0.4 is 14.8 Å². The SMILES string of the molecule is COc1cc(CN[C@H](C)CO)cc(Cl)c1OC. The van der Waals surface area contributed by atoms with Gasteiger partial charge in [0.25, 0.3) is 0 Å². The number of nitrogens with one attached hydrogen (secondary N) is 1. The summed E-state index contributed by atoms with van der Waals surface area (Å²) in [6.07, 6.45) is 0. The number of rotatable bonds is 6. The average molecular weight is 260 g/mol. The third-order valence-corrected chi connectivity index (χ3v) is 2.70. The molecule has 5 heteroatoms. The van der Waals surface area contributed by atoms with Gasteiger partial charge in [-0.05, 0) is 24.6 Å². The van der Waals surface area contributed by atoms with Crippen molar-refractivity contribution in [1.82, 2.24) is 5.32 Å². The first-order chi connectivity index (χ1) is 8.12. The summed E-state index contributed by atoms with van der Waals surface area (Å²) in [5.74, 6) is 1.14. The van der Waals surface area contributed by atoms with Crippen LogP contribution in [-0.4, -0.2) is 32.0 Å². The molecule has 0 aliphatic carbocycles. The fraction of sp³-hybridized carbons (Fsp3) is 0.500. The number of aliphatic hydroxyl groups is 1. The predicted molar refractivity (Wildman–Crippen MR) is 67.9 cm³/mol. The minimum atomic E-state index is 0.0434. The van der Waals surface area contributed by atoms with Gasteiger partial charge in [0.15, 0.2) is 11.5 Å². The zero-order valence-corrected chi connectivity index (χ0v) is 11.0. The van der Waals surface area contributed by atoms with Crippen molar-refractivity contribution in [2.24, 2.45) is 0 Å². The van der Waals surface area contributed by atoms with Crippen LogP contribution in [0.15, 0.2) is 12.1 Å². The maximum atomic E-state index is 8.92. The lowest BCUT2D eigenvalue weighted by molar-refractivity contribution is 0.251. The van der Waals surface area contributed by atoms with E-state index in [1.54, 1.807) is 14.2 Å². The van der Waals surface area contributed by atoms with Crippen molar-refractivity contribution in [2.75, 3.05) is 20.8 Å². The average Bonchev–Trinajstić information content (AvgIpc) is 2.34. The van der Waals surface area contributed by atoms with Gasteiger partial charge in [0.2, 0.25) is 0 Å². The number of methoxy groups -OCH3 is 2. The maximum Gasteiger partial charge on any atom is 0.179 e. The van der Waals surface area contributed by atoms with E-state index in [0.717, 1.165) is 5.56 Å². The van der Waals surface area contributed by atoms with E-state index in [1.807, 2.05) is 19.1 Å². The molecule has 0 spiro atoms. The van der Waals surface area contributed by atoms with Crippen molar-refractivity contribution in [1.29, 1.82) is 0 Å². The molecule has 1 rings (SSSR count). The van der Waals surface area contributed by atoms with Crippen molar-refractivity contribution in [2.45, 2.75) is 19.5 Å². The summed E-state index contributed by atoms with van der Waals surface area (Å²) in [5, 5.41) is 12.6. The number of benzene rings is 1. The molecule has 0 saturated carbocycles. The Morgan fingerprint density at radius 3 is 2.59 bits per heavy atom. The lowest BCUT2D eigenvalue weighted by atomic mass is 10.2. The predicted octanol–water partition coefficient (Wildman–Crippen LogP) is 1.83. The minimum absolute atomic E-state index is 0.0434. The zero-order chi connectivity index (χ0) is 12.8. The van der Waals surface area contributed by atoms with Crippen LogP contribution in [0.25, 0.3) is 0 Å². The van der Waals surface area contributed by atoms with Gasteiger partial charge in [-0.3, -0.25) is 0 Å². The fourth-order valence-corrected chi connectivity index (χ4v) is 1.74. The largest absolute Gasteiger partial charge is 0.493 e. The first-order valence-electron chi connectivity index (χ1n) is 5.37. The van der Waals surface area contributed by atoms with Gasteiger partial charge in [0, 0.05) is 12.6 Å². The van der Waals surface area contributed by atoms with E-state index in [9.17, 15) is 0 Å². The number of halogens is 1. The molecular weight excluding hydrogens is 242 g/mol. The molecule has 1 atom stereocenters. The summed E-state index contributed by atoms with van der Waals surface area (Å²) >= 11 is 6.08. The Bertz CT molecular complexity index is 371. The third-order valence-electron chi connectivity index (χ3n) is 2.42. The normalized spacial score (nSPS) is 12.3. The Labute approximate surface area is 106 Å². The molecule has 2 N–H and O–H groups in total. The van der Waals surface area contributed by atoms with E-state index >= 15 is 0 Å². The lowest BCUT2D eigenvalue weighted by Crippen LogP contribution is -2.28. The molecule has 1 aromatic carbocycles. The summed E-state index contributed by atoms with van der Waals surface area (Å²) in [6.45, 7) is 2.62. The van der Waals surface area contributed by atoms with Crippen LogP contribution in [0, 0.1) is 0 Å². The highest BCUT2D eigenvalue weighted by molar-refractivity contribution is 6.32. The molecule has 0 bridgehead atoms. The first-order valence-corrected chi connectivity index (χ1v) is 5.74. The Morgan fingerprint density at radius 2 is 2.06 bits per heavy atom. The molecule has 0 aliphatic rings. The monoisotopic (exact) mass is 259 g/mol. The van der Waals surface area contributed by atoms with Gasteiger partial charge in [-0.15, -0.1) is 0 Å². The third kappa shape index (κ3) is 3.77. The summed E-state index contributed by atoms with van der Waals surface area (Å²) in [7, 11) is 3.12. The second kappa shape index (κ2) is 6.69. The van der Waals surface area contributed by atoms with E-state index in [2.05, 4.69) is 5.32 Å². The van der Waals surface area contributed by atoms with Crippen molar-refractivity contribution < 1.29 is 14.6 Å². The highest BCUT2D eigenvalue weighted by atomic mass is 35.5. The molecule has 0 heterocycles. The number of hydrogen-bond acceptors (Lipinski definition) is 4. The standard InChI is InChI=1S/C12H18ClNO3/c1-8(7-15)14-6-9-4-10(13)12(17-3)11(5-9)16-2/h4-5,8,14-15H,6-7H2,1-3H3/t8-/m1/s1. The van der Waals surface area contributed by atoms with E-state index in [0.29, 0.717) is 23.1 Å². The van der Waals surface area contributed by atoms with Crippen LogP contribution in [0.5, 0.6) is 11.5 Å². The molecule has 0 aliphatic heterocycles. The van der Waals surface area contributed by atoms with E-state index in [-0.39, 0.29) is 12.6 Å². The van der Waals surface area contributed by atoms with Gasteiger partial charge in [-0.25, -0.2) is 0 Å². The smallest absolute Gasteiger partial charge is 0.179 e. The first kappa shape index (κ1) is 14.1. The summed E-state index contributed by atoms with van der Waals surface area (Å²) in [5.41, 5.74) is 0.980. The molecule has 1 aromatic rings. The molecule has 0 fully saturated rings. The number of aliphatic hydroxyl groups excluding tert-OH is 1. The molecule has 0 aromatic heterocycles. The Balaban J connectivity index is 2.84. The number of ether oxygens (including phenoxy) is 2. The van der Waals surface area contributed by atoms with Crippen LogP contribution in [0.1, 0.15) is 12.5 Å². The molecule has 0 unspecified atom stereocenters. The minimum Gasteiger partial charge on any atom is -0.493 e. The van der Waals surface area contributed by atoms with E-state index < -0.39 is 0 Å². The van der Waals surface area contributed by atoms with Crippen molar-refractivity contribution in [3.05, 3.63) is 22.7 Å². The van der Waals surface area contributed by atoms with Crippen LogP contribution in [-0.2, 0) is 6.54 Å². The molecule has 96 valence electrons. The van der Waals surface area contributed by atoms with Gasteiger partial charge in [-0.2, -0.15) is 0 Å². The Hall–Kier alpha value is -0.970. The zero-order valence-electron chi connectivity index (χ0n) is 10.3. The second-order valence-corrected chi connectivity index (χ2v) is 4.18. The molecule has 4 nitrogen and oxygen atoms in total. The van der Waals surface area contributed by atoms with Gasteiger partial charge < -0.3 is 19.9 Å². The Morgan fingerprint density at radius 1 is 1.35 bits per heavy atom. The summed E-state index contributed by atoms with van der Waals surface area (Å²) < 4.78 is 10.4. The van der Waals surface area contributed by atoms with Crippen LogP contribution >= 0.6 is 11.6 Å². The van der Waals surface area contributed by atoms with Crippen molar-refractivity contribution in [3.8, 4) is 11.5 Å². The molecular formula is C12H18ClNO3. The summed E-state index contributed by atoms with van der Waals surface area (Å²) in [4.78, 5) is 0. The molecule has 17 heavy (non-hydrogen) atoms. The summed E-state index contributed by atoms with van der Waals surface area (Å²) in [6, 6.07) is 3.73. The van der Waals surface area contributed by atoms with Gasteiger partial charge in [-0.1, -0.05) is 11.6 Å². The maximum absolute atomic E-state index is 8.92. The van der Waals surface area contributed by atoms with Crippen LogP contribution in [0.4, 0.5) is 0 Å². The molecule has 0 radical (unpaired) electrons. The van der Waals surface area contributed by atoms with E-state index in [4.69, 9.17) is 26.2 Å².